The Hall–Kier alpha value is -5.13. The number of halogens is 2. The van der Waals surface area contributed by atoms with Crippen LogP contribution in [-0.2, 0) is 9.59 Å². The lowest BCUT2D eigenvalue weighted by Crippen LogP contribution is -2.34. The summed E-state index contributed by atoms with van der Waals surface area (Å²) in [7, 11) is 0. The van der Waals surface area contributed by atoms with Gasteiger partial charge in [-0.15, -0.1) is 0 Å². The molecule has 3 aromatic rings. The van der Waals surface area contributed by atoms with Crippen molar-refractivity contribution in [2.75, 3.05) is 28.6 Å². The molecule has 3 heterocycles. The van der Waals surface area contributed by atoms with E-state index in [0.717, 1.165) is 12.1 Å². The highest BCUT2D eigenvalue weighted by molar-refractivity contribution is 6.15. The number of hydrogen-bond donors (Lipinski definition) is 3. The van der Waals surface area contributed by atoms with Crippen molar-refractivity contribution in [3.63, 3.8) is 0 Å². The van der Waals surface area contributed by atoms with Gasteiger partial charge in [-0.3, -0.25) is 14.6 Å². The maximum absolute atomic E-state index is 14.1. The number of fused-ring (bicyclic) bond motifs is 3. The quantitative estimate of drug-likeness (QED) is 0.338. The SMILES string of the molecule is C=CC(=O)Nc1cccc(Nc2ncc3c(n2)N2CCN=C2C(Oc2ccc(F)cc2F)=C3)c1.O=CO. The summed E-state index contributed by atoms with van der Waals surface area (Å²) in [6.45, 7) is 4.27. The minimum atomic E-state index is -0.806. The van der Waals surface area contributed by atoms with Gasteiger partial charge in [0.1, 0.15) is 11.6 Å². The summed E-state index contributed by atoms with van der Waals surface area (Å²) in [4.78, 5) is 35.2. The fourth-order valence-electron chi connectivity index (χ4n) is 3.58. The van der Waals surface area contributed by atoms with Gasteiger partial charge in [-0.1, -0.05) is 12.6 Å². The van der Waals surface area contributed by atoms with Crippen molar-refractivity contribution in [2.24, 2.45) is 4.99 Å². The molecule has 0 fully saturated rings. The molecule has 2 aliphatic heterocycles. The van der Waals surface area contributed by atoms with Crippen LogP contribution in [0.2, 0.25) is 0 Å². The van der Waals surface area contributed by atoms with Crippen molar-refractivity contribution in [2.45, 2.75) is 0 Å². The maximum Gasteiger partial charge on any atom is 0.290 e. The number of aromatic nitrogens is 2. The number of carbonyl (C=O) groups excluding carboxylic acids is 1. The molecular weight excluding hydrogens is 486 g/mol. The summed E-state index contributed by atoms with van der Waals surface area (Å²) in [6.07, 6.45) is 4.49. The molecule has 0 saturated carbocycles. The average Bonchev–Trinajstić information content (AvgIpc) is 3.37. The van der Waals surface area contributed by atoms with Crippen molar-refractivity contribution in [3.8, 4) is 5.75 Å². The molecule has 1 aromatic heterocycles. The molecule has 1 amide bonds. The predicted octanol–water partition coefficient (Wildman–Crippen LogP) is 3.98. The monoisotopic (exact) mass is 506 g/mol. The summed E-state index contributed by atoms with van der Waals surface area (Å²) >= 11 is 0. The fourth-order valence-corrected chi connectivity index (χ4v) is 3.58. The van der Waals surface area contributed by atoms with E-state index in [1.807, 2.05) is 11.0 Å². The molecule has 0 bridgehead atoms. The average molecular weight is 506 g/mol. The summed E-state index contributed by atoms with van der Waals surface area (Å²) in [6, 6.07) is 10.2. The number of anilines is 4. The molecule has 0 unspecified atom stereocenters. The van der Waals surface area contributed by atoms with Crippen LogP contribution in [0.1, 0.15) is 5.56 Å². The van der Waals surface area contributed by atoms with Crippen LogP contribution < -0.4 is 20.3 Å². The van der Waals surface area contributed by atoms with Crippen molar-refractivity contribution in [1.82, 2.24) is 9.97 Å². The van der Waals surface area contributed by atoms with Crippen molar-refractivity contribution < 1.29 is 28.2 Å². The van der Waals surface area contributed by atoms with Crippen LogP contribution in [0.3, 0.4) is 0 Å². The highest BCUT2D eigenvalue weighted by Gasteiger charge is 2.31. The largest absolute Gasteiger partial charge is 0.483 e. The third-order valence-corrected chi connectivity index (χ3v) is 5.08. The lowest BCUT2D eigenvalue weighted by atomic mass is 10.1. The molecule has 0 radical (unpaired) electrons. The number of aliphatic imine (C=N–C) groups is 1. The summed E-state index contributed by atoms with van der Waals surface area (Å²) in [5, 5.41) is 12.7. The number of nitrogens with one attached hydrogen (secondary N) is 2. The molecule has 0 spiro atoms. The molecule has 2 aliphatic rings. The highest BCUT2D eigenvalue weighted by Crippen LogP contribution is 2.33. The van der Waals surface area contributed by atoms with Gasteiger partial charge < -0.3 is 25.4 Å². The summed E-state index contributed by atoms with van der Waals surface area (Å²) in [5.41, 5.74) is 1.94. The Morgan fingerprint density at radius 1 is 1.19 bits per heavy atom. The third kappa shape index (κ3) is 5.75. The fraction of sp³-hybridized carbons (Fsp3) is 0.0800. The number of ether oxygens (including phenoxy) is 1. The number of benzene rings is 2. The molecule has 2 aromatic carbocycles. The van der Waals surface area contributed by atoms with E-state index in [0.29, 0.717) is 53.4 Å². The number of nitrogens with zero attached hydrogens (tertiary/aromatic N) is 4. The van der Waals surface area contributed by atoms with Crippen LogP contribution in [0.4, 0.5) is 31.9 Å². The Balaban J connectivity index is 0.00000102. The van der Waals surface area contributed by atoms with Crippen LogP contribution in [0.5, 0.6) is 5.75 Å². The number of carbonyl (C=O) groups is 2. The second kappa shape index (κ2) is 11.1. The van der Waals surface area contributed by atoms with E-state index in [-0.39, 0.29) is 18.1 Å². The van der Waals surface area contributed by atoms with Crippen molar-refractivity contribution in [1.29, 1.82) is 0 Å². The Labute approximate surface area is 209 Å². The molecule has 0 atom stereocenters. The van der Waals surface area contributed by atoms with Gasteiger partial charge in [-0.05, 0) is 42.5 Å². The van der Waals surface area contributed by atoms with E-state index in [2.05, 4.69) is 32.2 Å². The molecular formula is C25H20F2N6O4. The van der Waals surface area contributed by atoms with Gasteiger partial charge in [0, 0.05) is 35.7 Å². The zero-order valence-electron chi connectivity index (χ0n) is 19.2. The van der Waals surface area contributed by atoms with E-state index < -0.39 is 11.6 Å². The van der Waals surface area contributed by atoms with Crippen LogP contribution >= 0.6 is 0 Å². The van der Waals surface area contributed by atoms with E-state index >= 15 is 0 Å². The minimum absolute atomic E-state index is 0.103. The molecule has 10 nitrogen and oxygen atoms in total. The standard InChI is InChI=1S/C24H18F2N6O2.CH2O2/c1-2-21(33)29-16-4-3-5-17(12-16)30-24-28-13-14-10-20(23-27-8-9-32(23)22(14)31-24)34-19-7-6-15(25)11-18(19)26;2-1-3/h2-7,10-13H,1,8-9H2,(H,29,33)(H,28,30,31);1H,(H,2,3). The maximum atomic E-state index is 14.1. The van der Waals surface area contributed by atoms with Gasteiger partial charge in [0.2, 0.25) is 11.9 Å². The van der Waals surface area contributed by atoms with Gasteiger partial charge in [0.25, 0.3) is 6.47 Å². The third-order valence-electron chi connectivity index (χ3n) is 5.08. The smallest absolute Gasteiger partial charge is 0.290 e. The molecule has 188 valence electrons. The highest BCUT2D eigenvalue weighted by atomic mass is 19.1. The van der Waals surface area contributed by atoms with E-state index in [9.17, 15) is 13.6 Å². The number of rotatable bonds is 6. The Morgan fingerprint density at radius 2 is 1.97 bits per heavy atom. The normalized spacial score (nSPS) is 13.1. The van der Waals surface area contributed by atoms with Crippen LogP contribution in [0.25, 0.3) is 6.08 Å². The van der Waals surface area contributed by atoms with E-state index in [1.54, 1.807) is 30.5 Å². The lowest BCUT2D eigenvalue weighted by Gasteiger charge is -2.27. The second-order valence-corrected chi connectivity index (χ2v) is 7.52. The van der Waals surface area contributed by atoms with Gasteiger partial charge >= 0.3 is 0 Å². The first-order valence-electron chi connectivity index (χ1n) is 10.8. The number of amides is 1. The van der Waals surface area contributed by atoms with Gasteiger partial charge in [-0.2, -0.15) is 4.98 Å². The Bertz CT molecular complexity index is 1430. The Kier molecular flexibility index (Phi) is 7.48. The van der Waals surface area contributed by atoms with Crippen molar-refractivity contribution in [3.05, 3.63) is 84.3 Å². The van der Waals surface area contributed by atoms with Gasteiger partial charge in [-0.25, -0.2) is 13.8 Å². The number of hydrogen-bond acceptors (Lipinski definition) is 8. The minimum Gasteiger partial charge on any atom is -0.483 e. The summed E-state index contributed by atoms with van der Waals surface area (Å²) in [5.74, 6) is -0.104. The summed E-state index contributed by atoms with van der Waals surface area (Å²) < 4.78 is 33.1. The topological polar surface area (TPSA) is 129 Å². The predicted molar refractivity (Wildman–Crippen MR) is 134 cm³/mol. The lowest BCUT2D eigenvalue weighted by molar-refractivity contribution is -0.122. The van der Waals surface area contributed by atoms with Crippen LogP contribution in [0, 0.1) is 11.6 Å². The number of carboxylic acid groups (broad SMARTS) is 1. The van der Waals surface area contributed by atoms with E-state index in [1.165, 1.54) is 12.1 Å². The molecule has 37 heavy (non-hydrogen) atoms. The zero-order chi connectivity index (χ0) is 26.4. The number of amidine groups is 1. The van der Waals surface area contributed by atoms with Crippen LogP contribution in [-0.4, -0.2) is 46.4 Å². The molecule has 12 heteroatoms. The molecule has 3 N–H and O–H groups in total. The first-order chi connectivity index (χ1) is 17.9. The molecule has 0 aliphatic carbocycles. The molecule has 5 rings (SSSR count). The van der Waals surface area contributed by atoms with E-state index in [4.69, 9.17) is 14.6 Å². The second-order valence-electron chi connectivity index (χ2n) is 7.52. The first-order valence-corrected chi connectivity index (χ1v) is 10.8. The first kappa shape index (κ1) is 25.0. The Morgan fingerprint density at radius 3 is 2.73 bits per heavy atom. The zero-order valence-corrected chi connectivity index (χ0v) is 19.2. The van der Waals surface area contributed by atoms with Crippen LogP contribution in [0.15, 0.2) is 72.1 Å². The molecule has 0 saturated heterocycles. The van der Waals surface area contributed by atoms with Gasteiger partial charge in [0.15, 0.2) is 23.2 Å². The van der Waals surface area contributed by atoms with Crippen molar-refractivity contribution >= 4 is 47.4 Å². The van der Waals surface area contributed by atoms with Gasteiger partial charge in [0.05, 0.1) is 6.54 Å².